The Kier molecular flexibility index (Phi) is 4.01. The van der Waals surface area contributed by atoms with Crippen molar-refractivity contribution >= 4 is 11.9 Å². The molecular formula is C21H18O8. The minimum absolute atomic E-state index is 0.138. The van der Waals surface area contributed by atoms with Crippen LogP contribution < -0.4 is 18.9 Å². The van der Waals surface area contributed by atoms with Crippen molar-refractivity contribution in [2.24, 2.45) is 11.8 Å². The lowest BCUT2D eigenvalue weighted by atomic mass is 9.84. The summed E-state index contributed by atoms with van der Waals surface area (Å²) in [5, 5.41) is 0. The summed E-state index contributed by atoms with van der Waals surface area (Å²) in [4.78, 5) is 25.4. The summed E-state index contributed by atoms with van der Waals surface area (Å²) in [5.41, 5.74) is 1.31. The normalized spacial score (nSPS) is 26.7. The minimum atomic E-state index is -0.751. The Morgan fingerprint density at radius 3 is 2.00 bits per heavy atom. The fraction of sp³-hybridized carbons (Fsp3) is 0.333. The predicted molar refractivity (Wildman–Crippen MR) is 96.8 cm³/mol. The highest BCUT2D eigenvalue weighted by atomic mass is 16.7. The molecular weight excluding hydrogens is 380 g/mol. The molecule has 150 valence electrons. The second-order valence-corrected chi connectivity index (χ2v) is 6.99. The van der Waals surface area contributed by atoms with E-state index < -0.39 is 36.0 Å². The van der Waals surface area contributed by atoms with Crippen LogP contribution in [0.4, 0.5) is 0 Å². The quantitative estimate of drug-likeness (QED) is 0.726. The highest BCUT2D eigenvalue weighted by molar-refractivity contribution is 5.89. The number of cyclic esters (lactones) is 2. The first-order valence-electron chi connectivity index (χ1n) is 9.13. The summed E-state index contributed by atoms with van der Waals surface area (Å²) in [6.07, 6.45) is -1.49. The molecule has 0 amide bonds. The fourth-order valence-corrected chi connectivity index (χ4v) is 4.14. The third-order valence-electron chi connectivity index (χ3n) is 5.53. The van der Waals surface area contributed by atoms with E-state index in [-0.39, 0.29) is 6.79 Å². The second-order valence-electron chi connectivity index (χ2n) is 6.99. The molecule has 0 aromatic heterocycles. The summed E-state index contributed by atoms with van der Waals surface area (Å²) in [7, 11) is 3.05. The molecule has 8 nitrogen and oxygen atoms in total. The summed E-state index contributed by atoms with van der Waals surface area (Å²) >= 11 is 0. The van der Waals surface area contributed by atoms with Crippen molar-refractivity contribution < 1.29 is 38.0 Å². The van der Waals surface area contributed by atoms with Gasteiger partial charge in [0.1, 0.15) is 24.0 Å². The lowest BCUT2D eigenvalue weighted by Gasteiger charge is -2.16. The summed E-state index contributed by atoms with van der Waals surface area (Å²) in [6.45, 7) is 0.138. The maximum Gasteiger partial charge on any atom is 0.314 e. The van der Waals surface area contributed by atoms with Crippen LogP contribution in [0.1, 0.15) is 23.3 Å². The van der Waals surface area contributed by atoms with Crippen LogP contribution >= 0.6 is 0 Å². The van der Waals surface area contributed by atoms with Crippen molar-refractivity contribution in [2.45, 2.75) is 12.2 Å². The maximum atomic E-state index is 12.7. The zero-order valence-corrected chi connectivity index (χ0v) is 15.7. The molecule has 0 N–H and O–H groups in total. The number of esters is 2. The van der Waals surface area contributed by atoms with Gasteiger partial charge >= 0.3 is 11.9 Å². The average Bonchev–Trinajstić information content (AvgIpc) is 3.43. The van der Waals surface area contributed by atoms with Crippen LogP contribution in [-0.4, -0.2) is 33.0 Å². The van der Waals surface area contributed by atoms with Gasteiger partial charge in [-0.05, 0) is 35.4 Å². The van der Waals surface area contributed by atoms with Crippen molar-refractivity contribution in [3.8, 4) is 23.0 Å². The molecule has 0 aliphatic carbocycles. The van der Waals surface area contributed by atoms with Crippen LogP contribution in [0.2, 0.25) is 0 Å². The molecule has 2 fully saturated rings. The van der Waals surface area contributed by atoms with Crippen LogP contribution in [0.5, 0.6) is 23.0 Å². The number of hydrogen-bond donors (Lipinski definition) is 0. The van der Waals surface area contributed by atoms with E-state index in [4.69, 9.17) is 28.4 Å². The SMILES string of the molecule is COc1ccc([C@@H]2OC(=O)[C@@H]3[C@H]2C(=O)O[C@@H]3c2ccc3c(c2)OCO3)cc1OC. The highest BCUT2D eigenvalue weighted by Crippen LogP contribution is 2.53. The topological polar surface area (TPSA) is 89.5 Å². The average molecular weight is 398 g/mol. The first kappa shape index (κ1) is 17.7. The van der Waals surface area contributed by atoms with Gasteiger partial charge in [0.2, 0.25) is 6.79 Å². The lowest BCUT2D eigenvalue weighted by Crippen LogP contribution is -2.19. The third-order valence-corrected chi connectivity index (χ3v) is 5.53. The largest absolute Gasteiger partial charge is 0.493 e. The second kappa shape index (κ2) is 6.58. The molecule has 3 aliphatic heterocycles. The van der Waals surface area contributed by atoms with E-state index >= 15 is 0 Å². The van der Waals surface area contributed by atoms with E-state index in [1.165, 1.54) is 14.2 Å². The number of hydrogen-bond acceptors (Lipinski definition) is 8. The minimum Gasteiger partial charge on any atom is -0.493 e. The van der Waals surface area contributed by atoms with Gasteiger partial charge in [0.15, 0.2) is 23.0 Å². The Morgan fingerprint density at radius 1 is 0.759 bits per heavy atom. The van der Waals surface area contributed by atoms with Gasteiger partial charge < -0.3 is 28.4 Å². The molecule has 0 saturated carbocycles. The van der Waals surface area contributed by atoms with E-state index in [1.807, 2.05) is 0 Å². The highest BCUT2D eigenvalue weighted by Gasteiger charge is 2.60. The Morgan fingerprint density at radius 2 is 1.34 bits per heavy atom. The number of rotatable bonds is 4. The molecule has 2 saturated heterocycles. The van der Waals surface area contributed by atoms with Gasteiger partial charge in [-0.3, -0.25) is 9.59 Å². The van der Waals surface area contributed by atoms with Gasteiger partial charge in [-0.15, -0.1) is 0 Å². The number of methoxy groups -OCH3 is 2. The Labute approximate surface area is 166 Å². The molecule has 0 radical (unpaired) electrons. The smallest absolute Gasteiger partial charge is 0.314 e. The molecule has 0 spiro atoms. The van der Waals surface area contributed by atoms with Crippen LogP contribution in [0.25, 0.3) is 0 Å². The van der Waals surface area contributed by atoms with Gasteiger partial charge in [0.05, 0.1) is 14.2 Å². The number of carbonyl (C=O) groups excluding carboxylic acids is 2. The van der Waals surface area contributed by atoms with Crippen LogP contribution in [0.3, 0.4) is 0 Å². The van der Waals surface area contributed by atoms with Gasteiger partial charge in [-0.2, -0.15) is 0 Å². The van der Waals surface area contributed by atoms with Gasteiger partial charge in [0, 0.05) is 0 Å². The standard InChI is InChI=1S/C21H18O8/c1-24-12-5-3-10(7-14(12)25-2)18-16-17(21(23)28-18)19(29-20(16)22)11-4-6-13-15(8-11)27-9-26-13/h3-8,16-19H,9H2,1-2H3/t16-,17-,18+,19-/m1/s1. The van der Waals surface area contributed by atoms with Crippen molar-refractivity contribution in [2.75, 3.05) is 21.0 Å². The predicted octanol–water partition coefficient (Wildman–Crippen LogP) is 2.56. The first-order valence-corrected chi connectivity index (χ1v) is 9.13. The summed E-state index contributed by atoms with van der Waals surface area (Å²) in [5.74, 6) is -0.201. The maximum absolute atomic E-state index is 12.7. The molecule has 2 aromatic rings. The van der Waals surface area contributed by atoms with Gasteiger partial charge in [-0.1, -0.05) is 12.1 Å². The Bertz CT molecular complexity index is 998. The number of benzene rings is 2. The molecule has 8 heteroatoms. The molecule has 29 heavy (non-hydrogen) atoms. The van der Waals surface area contributed by atoms with Crippen molar-refractivity contribution in [3.63, 3.8) is 0 Å². The van der Waals surface area contributed by atoms with Crippen LogP contribution in [0, 0.1) is 11.8 Å². The monoisotopic (exact) mass is 398 g/mol. The van der Waals surface area contributed by atoms with E-state index in [2.05, 4.69) is 0 Å². The molecule has 0 bridgehead atoms. The molecule has 4 atom stereocenters. The van der Waals surface area contributed by atoms with E-state index in [0.717, 1.165) is 0 Å². The van der Waals surface area contributed by atoms with Gasteiger partial charge in [-0.25, -0.2) is 0 Å². The number of fused-ring (bicyclic) bond motifs is 2. The molecule has 3 aliphatic rings. The number of carbonyl (C=O) groups is 2. The van der Waals surface area contributed by atoms with Gasteiger partial charge in [0.25, 0.3) is 0 Å². The van der Waals surface area contributed by atoms with E-state index in [0.29, 0.717) is 34.1 Å². The first-order chi connectivity index (χ1) is 14.1. The number of ether oxygens (including phenoxy) is 6. The molecule has 0 unspecified atom stereocenters. The fourth-order valence-electron chi connectivity index (χ4n) is 4.14. The van der Waals surface area contributed by atoms with Crippen LogP contribution in [-0.2, 0) is 19.1 Å². The molecule has 2 aromatic carbocycles. The summed E-state index contributed by atoms with van der Waals surface area (Å²) < 4.78 is 32.5. The lowest BCUT2D eigenvalue weighted by molar-refractivity contribution is -0.154. The van der Waals surface area contributed by atoms with Crippen molar-refractivity contribution in [1.82, 2.24) is 0 Å². The van der Waals surface area contributed by atoms with E-state index in [1.54, 1.807) is 36.4 Å². The zero-order chi connectivity index (χ0) is 20.1. The molecule has 3 heterocycles. The van der Waals surface area contributed by atoms with Crippen LogP contribution in [0.15, 0.2) is 36.4 Å². The van der Waals surface area contributed by atoms with Crippen molar-refractivity contribution in [3.05, 3.63) is 47.5 Å². The summed E-state index contributed by atoms with van der Waals surface area (Å²) in [6, 6.07) is 10.4. The third kappa shape index (κ3) is 2.66. The molecule has 5 rings (SSSR count). The zero-order valence-electron chi connectivity index (χ0n) is 15.7. The Balaban J connectivity index is 1.48. The van der Waals surface area contributed by atoms with E-state index in [9.17, 15) is 9.59 Å². The van der Waals surface area contributed by atoms with Crippen molar-refractivity contribution in [1.29, 1.82) is 0 Å². The Hall–Kier alpha value is -3.42.